The molecule has 0 aliphatic carbocycles. The Morgan fingerprint density at radius 1 is 1.24 bits per heavy atom. The van der Waals surface area contributed by atoms with Crippen LogP contribution in [-0.4, -0.2) is 16.2 Å². The molecule has 0 spiro atoms. The van der Waals surface area contributed by atoms with Crippen LogP contribution in [-0.2, 0) is 6.42 Å². The minimum absolute atomic E-state index is 0.174. The van der Waals surface area contributed by atoms with Crippen LogP contribution in [0.4, 0.5) is 0 Å². The first kappa shape index (κ1) is 13.9. The molecule has 4 heteroatoms. The second-order valence-corrected chi connectivity index (χ2v) is 5.72. The number of nitrogens with one attached hydrogen (secondary N) is 2. The fourth-order valence-corrected chi connectivity index (χ4v) is 2.68. The lowest BCUT2D eigenvalue weighted by atomic mass is 10.1. The Labute approximate surface area is 124 Å². The number of aromatic amines is 1. The average molecular weight is 283 g/mol. The lowest BCUT2D eigenvalue weighted by Gasteiger charge is -2.17. The number of benzene rings is 1. The van der Waals surface area contributed by atoms with Gasteiger partial charge in [-0.15, -0.1) is 0 Å². The van der Waals surface area contributed by atoms with Crippen LogP contribution in [0, 0.1) is 6.92 Å². The molecule has 3 rings (SSSR count). The standard InChI is InChI=1S/C17H21N3O/c1-11(8-15-9-12(2)19-20-15)18-13(3)17-10-14-6-4-5-7-16(14)21-17/h4-7,9-11,13,18H,8H2,1-3H3,(H,19,20). The third kappa shape index (κ3) is 3.16. The molecule has 1 aromatic carbocycles. The van der Waals surface area contributed by atoms with Crippen molar-refractivity contribution in [3.8, 4) is 0 Å². The van der Waals surface area contributed by atoms with Crippen molar-refractivity contribution < 1.29 is 4.42 Å². The summed E-state index contributed by atoms with van der Waals surface area (Å²) in [5.41, 5.74) is 3.13. The van der Waals surface area contributed by atoms with Crippen molar-refractivity contribution in [3.63, 3.8) is 0 Å². The maximum absolute atomic E-state index is 5.90. The first-order valence-electron chi connectivity index (χ1n) is 7.37. The summed E-state index contributed by atoms with van der Waals surface area (Å²) in [7, 11) is 0. The number of rotatable bonds is 5. The second-order valence-electron chi connectivity index (χ2n) is 5.72. The van der Waals surface area contributed by atoms with Gasteiger partial charge in [0, 0.05) is 23.5 Å². The number of hydrogen-bond donors (Lipinski definition) is 2. The highest BCUT2D eigenvalue weighted by molar-refractivity contribution is 5.77. The van der Waals surface area contributed by atoms with Crippen molar-refractivity contribution in [2.75, 3.05) is 0 Å². The van der Waals surface area contributed by atoms with Crippen LogP contribution in [0.25, 0.3) is 11.0 Å². The van der Waals surface area contributed by atoms with Crippen LogP contribution < -0.4 is 5.32 Å². The highest BCUT2D eigenvalue weighted by atomic mass is 16.3. The highest BCUT2D eigenvalue weighted by Gasteiger charge is 2.15. The Kier molecular flexibility index (Phi) is 3.80. The molecule has 0 fully saturated rings. The molecule has 2 atom stereocenters. The summed E-state index contributed by atoms with van der Waals surface area (Å²) in [6.45, 7) is 6.32. The summed E-state index contributed by atoms with van der Waals surface area (Å²) >= 11 is 0. The number of aromatic nitrogens is 2. The predicted molar refractivity (Wildman–Crippen MR) is 84.3 cm³/mol. The number of hydrogen-bond acceptors (Lipinski definition) is 3. The largest absolute Gasteiger partial charge is 0.459 e. The number of furan rings is 1. The molecule has 0 aliphatic rings. The minimum Gasteiger partial charge on any atom is -0.459 e. The normalized spacial score (nSPS) is 14.4. The number of fused-ring (bicyclic) bond motifs is 1. The zero-order valence-corrected chi connectivity index (χ0v) is 12.7. The lowest BCUT2D eigenvalue weighted by molar-refractivity contribution is 0.408. The molecule has 110 valence electrons. The third-order valence-electron chi connectivity index (χ3n) is 3.68. The molecule has 0 amide bonds. The van der Waals surface area contributed by atoms with Crippen molar-refractivity contribution >= 4 is 11.0 Å². The number of aryl methyl sites for hydroxylation is 1. The van der Waals surface area contributed by atoms with Crippen LogP contribution >= 0.6 is 0 Å². The topological polar surface area (TPSA) is 53.9 Å². The van der Waals surface area contributed by atoms with Gasteiger partial charge in [0.05, 0.1) is 11.7 Å². The van der Waals surface area contributed by atoms with Gasteiger partial charge in [-0.05, 0) is 39.0 Å². The Hall–Kier alpha value is -2.07. The van der Waals surface area contributed by atoms with Crippen molar-refractivity contribution in [2.45, 2.75) is 39.3 Å². The van der Waals surface area contributed by atoms with Gasteiger partial charge in [0.1, 0.15) is 11.3 Å². The van der Waals surface area contributed by atoms with Gasteiger partial charge in [-0.3, -0.25) is 5.10 Å². The van der Waals surface area contributed by atoms with Crippen LogP contribution in [0.2, 0.25) is 0 Å². The molecule has 0 radical (unpaired) electrons. The van der Waals surface area contributed by atoms with Gasteiger partial charge in [-0.1, -0.05) is 18.2 Å². The monoisotopic (exact) mass is 283 g/mol. The second kappa shape index (κ2) is 5.74. The number of H-pyrrole nitrogens is 1. The minimum atomic E-state index is 0.174. The van der Waals surface area contributed by atoms with Crippen LogP contribution in [0.15, 0.2) is 40.8 Å². The SMILES string of the molecule is Cc1cc(CC(C)NC(C)c2cc3ccccc3o2)n[nH]1. The molecule has 0 saturated heterocycles. The van der Waals surface area contributed by atoms with Crippen molar-refractivity contribution in [1.82, 2.24) is 15.5 Å². The molecule has 0 bridgehead atoms. The summed E-state index contributed by atoms with van der Waals surface area (Å²) in [6, 6.07) is 12.8. The van der Waals surface area contributed by atoms with E-state index in [1.165, 1.54) is 0 Å². The molecular weight excluding hydrogens is 262 g/mol. The zero-order chi connectivity index (χ0) is 14.8. The van der Waals surface area contributed by atoms with Crippen molar-refractivity contribution in [1.29, 1.82) is 0 Å². The van der Waals surface area contributed by atoms with E-state index in [-0.39, 0.29) is 6.04 Å². The summed E-state index contributed by atoms with van der Waals surface area (Å²) in [5, 5.41) is 12.0. The maximum Gasteiger partial charge on any atom is 0.134 e. The van der Waals surface area contributed by atoms with Gasteiger partial charge in [-0.25, -0.2) is 0 Å². The molecule has 4 nitrogen and oxygen atoms in total. The molecule has 2 heterocycles. The maximum atomic E-state index is 5.90. The van der Waals surface area contributed by atoms with Crippen LogP contribution in [0.5, 0.6) is 0 Å². The van der Waals surface area contributed by atoms with E-state index < -0.39 is 0 Å². The van der Waals surface area contributed by atoms with Gasteiger partial charge >= 0.3 is 0 Å². The number of nitrogens with zero attached hydrogens (tertiary/aromatic N) is 1. The first-order chi connectivity index (χ1) is 10.1. The molecule has 2 aromatic heterocycles. The average Bonchev–Trinajstić information content (AvgIpc) is 3.04. The Bertz CT molecular complexity index is 695. The Balaban J connectivity index is 1.66. The fourth-order valence-electron chi connectivity index (χ4n) is 2.68. The van der Waals surface area contributed by atoms with E-state index >= 15 is 0 Å². The molecule has 2 N–H and O–H groups in total. The Morgan fingerprint density at radius 3 is 2.76 bits per heavy atom. The van der Waals surface area contributed by atoms with E-state index in [1.54, 1.807) is 0 Å². The Morgan fingerprint density at radius 2 is 2.05 bits per heavy atom. The van der Waals surface area contributed by atoms with Gasteiger partial charge < -0.3 is 9.73 Å². The molecule has 2 unspecified atom stereocenters. The highest BCUT2D eigenvalue weighted by Crippen LogP contribution is 2.24. The molecule has 0 aliphatic heterocycles. The lowest BCUT2D eigenvalue weighted by Crippen LogP contribution is -2.30. The van der Waals surface area contributed by atoms with E-state index in [9.17, 15) is 0 Å². The van der Waals surface area contributed by atoms with E-state index in [2.05, 4.69) is 47.6 Å². The fraction of sp³-hybridized carbons (Fsp3) is 0.353. The van der Waals surface area contributed by atoms with Crippen molar-refractivity contribution in [2.24, 2.45) is 0 Å². The molecule has 3 aromatic rings. The van der Waals surface area contributed by atoms with Gasteiger partial charge in [0.15, 0.2) is 0 Å². The van der Waals surface area contributed by atoms with E-state index in [0.29, 0.717) is 6.04 Å². The summed E-state index contributed by atoms with van der Waals surface area (Å²) in [6.07, 6.45) is 0.898. The predicted octanol–water partition coefficient (Wildman–Crippen LogP) is 3.75. The third-order valence-corrected chi connectivity index (χ3v) is 3.68. The van der Waals surface area contributed by atoms with Crippen LogP contribution in [0.1, 0.15) is 37.0 Å². The summed E-state index contributed by atoms with van der Waals surface area (Å²) in [5.74, 6) is 0.973. The van der Waals surface area contributed by atoms with Gasteiger partial charge in [0.25, 0.3) is 0 Å². The quantitative estimate of drug-likeness (QED) is 0.750. The molecule has 0 saturated carbocycles. The smallest absolute Gasteiger partial charge is 0.134 e. The summed E-state index contributed by atoms with van der Waals surface area (Å²) < 4.78 is 5.90. The van der Waals surface area contributed by atoms with Gasteiger partial charge in [0.2, 0.25) is 0 Å². The van der Waals surface area contributed by atoms with E-state index in [4.69, 9.17) is 4.42 Å². The molecule has 21 heavy (non-hydrogen) atoms. The molecular formula is C17H21N3O. The summed E-state index contributed by atoms with van der Waals surface area (Å²) in [4.78, 5) is 0. The van der Waals surface area contributed by atoms with Crippen LogP contribution in [0.3, 0.4) is 0 Å². The first-order valence-corrected chi connectivity index (χ1v) is 7.37. The van der Waals surface area contributed by atoms with Crippen molar-refractivity contribution in [3.05, 3.63) is 53.5 Å². The zero-order valence-electron chi connectivity index (χ0n) is 12.7. The van der Waals surface area contributed by atoms with E-state index in [0.717, 1.165) is 34.5 Å². The number of para-hydroxylation sites is 1. The van der Waals surface area contributed by atoms with Gasteiger partial charge in [-0.2, -0.15) is 5.10 Å². The van der Waals surface area contributed by atoms with E-state index in [1.807, 2.05) is 25.1 Å².